The van der Waals surface area contributed by atoms with Crippen LogP contribution < -0.4 is 5.32 Å². The van der Waals surface area contributed by atoms with Gasteiger partial charge < -0.3 is 5.32 Å². The maximum absolute atomic E-state index is 3.49. The Bertz CT molecular complexity index is 312. The van der Waals surface area contributed by atoms with Gasteiger partial charge in [0.2, 0.25) is 0 Å². The second-order valence-electron chi connectivity index (χ2n) is 4.91. The van der Waals surface area contributed by atoms with E-state index in [0.29, 0.717) is 0 Å². The van der Waals surface area contributed by atoms with Crippen LogP contribution in [0.25, 0.3) is 0 Å². The average Bonchev–Trinajstić information content (AvgIpc) is 2.37. The molecule has 0 aliphatic rings. The maximum atomic E-state index is 3.49. The number of hydrogen-bond acceptors (Lipinski definition) is 1. The number of benzene rings is 1. The summed E-state index contributed by atoms with van der Waals surface area (Å²) in [7, 11) is 0. The zero-order valence-corrected chi connectivity index (χ0v) is 13.7. The predicted molar refractivity (Wildman–Crippen MR) is 90.3 cm³/mol. The van der Waals surface area contributed by atoms with E-state index in [0.717, 1.165) is 6.54 Å². The van der Waals surface area contributed by atoms with E-state index < -0.39 is 0 Å². The van der Waals surface area contributed by atoms with E-state index in [1.54, 1.807) is 0 Å². The molecule has 0 heterocycles. The second-order valence-corrected chi connectivity index (χ2v) is 6.16. The summed E-state index contributed by atoms with van der Waals surface area (Å²) in [5.74, 6) is 0. The standard InChI is InChI=1S/C16H26IN/c1-2-3-4-5-6-7-8-9-13-18-16-12-10-11-15(17)14-16/h10-12,14,18H,2-9,13H2,1H3. The van der Waals surface area contributed by atoms with Gasteiger partial charge in [-0.3, -0.25) is 0 Å². The lowest BCUT2D eigenvalue weighted by Crippen LogP contribution is -2.01. The minimum atomic E-state index is 1.11. The highest BCUT2D eigenvalue weighted by Gasteiger charge is 1.94. The van der Waals surface area contributed by atoms with Crippen molar-refractivity contribution in [2.75, 3.05) is 11.9 Å². The minimum absolute atomic E-state index is 1.11. The number of hydrogen-bond donors (Lipinski definition) is 1. The molecule has 1 aromatic rings. The molecule has 0 saturated heterocycles. The fourth-order valence-corrected chi connectivity index (χ4v) is 2.63. The van der Waals surface area contributed by atoms with Crippen LogP contribution in [0.4, 0.5) is 5.69 Å². The molecule has 0 spiro atoms. The van der Waals surface area contributed by atoms with Crippen LogP contribution in [0.3, 0.4) is 0 Å². The third-order valence-corrected chi connectivity index (χ3v) is 3.86. The van der Waals surface area contributed by atoms with Crippen LogP contribution >= 0.6 is 22.6 Å². The summed E-state index contributed by atoms with van der Waals surface area (Å²) in [6.07, 6.45) is 11.1. The average molecular weight is 359 g/mol. The molecule has 102 valence electrons. The summed E-state index contributed by atoms with van der Waals surface area (Å²) in [6, 6.07) is 8.58. The van der Waals surface area contributed by atoms with E-state index >= 15 is 0 Å². The zero-order chi connectivity index (χ0) is 13.1. The Labute approximate surface area is 126 Å². The molecule has 0 fully saturated rings. The molecule has 1 N–H and O–H groups in total. The molecule has 0 amide bonds. The smallest absolute Gasteiger partial charge is 0.0350 e. The van der Waals surface area contributed by atoms with Crippen LogP contribution in [0, 0.1) is 3.57 Å². The lowest BCUT2D eigenvalue weighted by molar-refractivity contribution is 0.581. The first-order chi connectivity index (χ1) is 8.83. The molecule has 0 unspecified atom stereocenters. The van der Waals surface area contributed by atoms with Crippen molar-refractivity contribution in [2.45, 2.75) is 58.3 Å². The highest BCUT2D eigenvalue weighted by Crippen LogP contribution is 2.13. The summed E-state index contributed by atoms with van der Waals surface area (Å²) >= 11 is 2.36. The fraction of sp³-hybridized carbons (Fsp3) is 0.625. The number of anilines is 1. The topological polar surface area (TPSA) is 12.0 Å². The quantitative estimate of drug-likeness (QED) is 0.409. The van der Waals surface area contributed by atoms with Gasteiger partial charge in [0.1, 0.15) is 0 Å². The molecule has 0 bridgehead atoms. The Hall–Kier alpha value is -0.250. The van der Waals surface area contributed by atoms with E-state index in [1.807, 2.05) is 0 Å². The molecule has 0 saturated carbocycles. The van der Waals surface area contributed by atoms with Crippen LogP contribution in [0.2, 0.25) is 0 Å². The Morgan fingerprint density at radius 2 is 1.61 bits per heavy atom. The molecular weight excluding hydrogens is 333 g/mol. The van der Waals surface area contributed by atoms with Crippen molar-refractivity contribution >= 4 is 28.3 Å². The van der Waals surface area contributed by atoms with Gasteiger partial charge in [-0.05, 0) is 47.2 Å². The molecule has 1 aromatic carbocycles. The Kier molecular flexibility index (Phi) is 9.35. The van der Waals surface area contributed by atoms with Gasteiger partial charge in [0.15, 0.2) is 0 Å². The van der Waals surface area contributed by atoms with Crippen molar-refractivity contribution in [1.82, 2.24) is 0 Å². The summed E-state index contributed by atoms with van der Waals surface area (Å²) < 4.78 is 1.30. The molecule has 0 atom stereocenters. The number of unbranched alkanes of at least 4 members (excludes halogenated alkanes) is 7. The third-order valence-electron chi connectivity index (χ3n) is 3.18. The monoisotopic (exact) mass is 359 g/mol. The lowest BCUT2D eigenvalue weighted by atomic mass is 10.1. The molecule has 2 heteroatoms. The van der Waals surface area contributed by atoms with E-state index in [2.05, 4.69) is 59.1 Å². The fourth-order valence-electron chi connectivity index (χ4n) is 2.09. The second kappa shape index (κ2) is 10.7. The molecular formula is C16H26IN. The van der Waals surface area contributed by atoms with Gasteiger partial charge >= 0.3 is 0 Å². The summed E-state index contributed by atoms with van der Waals surface area (Å²) in [5, 5.41) is 3.49. The van der Waals surface area contributed by atoms with Crippen LogP contribution in [-0.2, 0) is 0 Å². The third kappa shape index (κ3) is 7.96. The zero-order valence-electron chi connectivity index (χ0n) is 11.6. The van der Waals surface area contributed by atoms with Crippen LogP contribution in [0.5, 0.6) is 0 Å². The Balaban J connectivity index is 1.92. The normalized spacial score (nSPS) is 10.6. The SMILES string of the molecule is CCCCCCCCCCNc1cccc(I)c1. The lowest BCUT2D eigenvalue weighted by Gasteiger charge is -2.06. The van der Waals surface area contributed by atoms with Crippen molar-refractivity contribution in [2.24, 2.45) is 0 Å². The van der Waals surface area contributed by atoms with Gasteiger partial charge in [-0.2, -0.15) is 0 Å². The van der Waals surface area contributed by atoms with E-state index in [4.69, 9.17) is 0 Å². The van der Waals surface area contributed by atoms with Gasteiger partial charge in [-0.1, -0.05) is 57.9 Å². The Morgan fingerprint density at radius 1 is 0.944 bits per heavy atom. The van der Waals surface area contributed by atoms with Crippen LogP contribution in [0.1, 0.15) is 58.3 Å². The molecule has 0 radical (unpaired) electrons. The van der Waals surface area contributed by atoms with E-state index in [-0.39, 0.29) is 0 Å². The van der Waals surface area contributed by atoms with E-state index in [9.17, 15) is 0 Å². The van der Waals surface area contributed by atoms with Crippen molar-refractivity contribution in [1.29, 1.82) is 0 Å². The highest BCUT2D eigenvalue weighted by atomic mass is 127. The summed E-state index contributed by atoms with van der Waals surface area (Å²) in [4.78, 5) is 0. The van der Waals surface area contributed by atoms with Gasteiger partial charge in [0.25, 0.3) is 0 Å². The van der Waals surface area contributed by atoms with Gasteiger partial charge in [-0.15, -0.1) is 0 Å². The molecule has 0 aromatic heterocycles. The first-order valence-corrected chi connectivity index (χ1v) is 8.40. The van der Waals surface area contributed by atoms with Crippen molar-refractivity contribution < 1.29 is 0 Å². The molecule has 18 heavy (non-hydrogen) atoms. The molecule has 0 aliphatic heterocycles. The Morgan fingerprint density at radius 3 is 2.28 bits per heavy atom. The number of rotatable bonds is 10. The van der Waals surface area contributed by atoms with Crippen molar-refractivity contribution in [3.05, 3.63) is 27.8 Å². The van der Waals surface area contributed by atoms with Crippen LogP contribution in [-0.4, -0.2) is 6.54 Å². The van der Waals surface area contributed by atoms with Gasteiger partial charge in [0.05, 0.1) is 0 Å². The summed E-state index contributed by atoms with van der Waals surface area (Å²) in [6.45, 7) is 3.38. The van der Waals surface area contributed by atoms with Crippen LogP contribution in [0.15, 0.2) is 24.3 Å². The first-order valence-electron chi connectivity index (χ1n) is 7.32. The van der Waals surface area contributed by atoms with Crippen molar-refractivity contribution in [3.63, 3.8) is 0 Å². The molecule has 1 rings (SSSR count). The maximum Gasteiger partial charge on any atom is 0.0350 e. The first kappa shape index (κ1) is 15.8. The highest BCUT2D eigenvalue weighted by molar-refractivity contribution is 14.1. The number of halogens is 1. The molecule has 1 nitrogen and oxygen atoms in total. The van der Waals surface area contributed by atoms with E-state index in [1.165, 1.54) is 60.6 Å². The summed E-state index contributed by atoms with van der Waals surface area (Å²) in [5.41, 5.74) is 1.25. The number of nitrogens with one attached hydrogen (secondary N) is 1. The van der Waals surface area contributed by atoms with Gasteiger partial charge in [0, 0.05) is 15.8 Å². The largest absolute Gasteiger partial charge is 0.385 e. The van der Waals surface area contributed by atoms with Gasteiger partial charge in [-0.25, -0.2) is 0 Å². The predicted octanol–water partition coefficient (Wildman–Crippen LogP) is 5.84. The molecule has 0 aliphatic carbocycles. The minimum Gasteiger partial charge on any atom is -0.385 e. The van der Waals surface area contributed by atoms with Crippen molar-refractivity contribution in [3.8, 4) is 0 Å².